The second-order valence-electron chi connectivity index (χ2n) is 12.5. The Morgan fingerprint density at radius 1 is 0.571 bits per heavy atom. The molecule has 1 unspecified atom stereocenters. The van der Waals surface area contributed by atoms with Crippen molar-refractivity contribution in [2.24, 2.45) is 5.73 Å². The van der Waals surface area contributed by atoms with Crippen molar-refractivity contribution in [1.82, 2.24) is 16.0 Å². The standard InChI is InChI=1S/C35H64N4O10/c36-29(27-40)17-15-16-22-37-33(43)28-49-26-25-48-24-23-38-31(41)21-20-30(35(46)47)39-32(42)18-13-11-9-7-5-3-1-2-4-6-8-10-12-14-19-34(44)45/h27,29-30H,1-26,28,36H2,(H,37,43)(H,38,41)(H,39,42)(H,44,45)(H,46,47)/t29-,30?/m0/s1. The van der Waals surface area contributed by atoms with Crippen LogP contribution in [0.5, 0.6) is 0 Å². The van der Waals surface area contributed by atoms with Crippen molar-refractivity contribution < 1.29 is 48.5 Å². The van der Waals surface area contributed by atoms with Crippen molar-refractivity contribution in [3.63, 3.8) is 0 Å². The van der Waals surface area contributed by atoms with Crippen LogP contribution in [0, 0.1) is 0 Å². The Bertz CT molecular complexity index is 906. The molecule has 14 heteroatoms. The molecule has 0 saturated heterocycles. The average Bonchev–Trinajstić information content (AvgIpc) is 3.06. The Balaban J connectivity index is 3.68. The second-order valence-corrected chi connectivity index (χ2v) is 12.5. The average molecular weight is 701 g/mol. The lowest BCUT2D eigenvalue weighted by Gasteiger charge is -2.14. The van der Waals surface area contributed by atoms with Crippen molar-refractivity contribution >= 4 is 35.9 Å². The highest BCUT2D eigenvalue weighted by Crippen LogP contribution is 2.14. The molecule has 0 bridgehead atoms. The van der Waals surface area contributed by atoms with E-state index in [2.05, 4.69) is 16.0 Å². The summed E-state index contributed by atoms with van der Waals surface area (Å²) in [4.78, 5) is 68.6. The fraction of sp³-hybridized carbons (Fsp3) is 0.829. The number of ether oxygens (including phenoxy) is 2. The van der Waals surface area contributed by atoms with Gasteiger partial charge in [-0.1, -0.05) is 77.0 Å². The van der Waals surface area contributed by atoms with Crippen LogP contribution >= 0.6 is 0 Å². The predicted molar refractivity (Wildman–Crippen MR) is 186 cm³/mol. The minimum absolute atomic E-state index is 0.0112. The van der Waals surface area contributed by atoms with Gasteiger partial charge >= 0.3 is 11.9 Å². The first-order chi connectivity index (χ1) is 23.6. The summed E-state index contributed by atoms with van der Waals surface area (Å²) in [7, 11) is 0. The molecule has 0 spiro atoms. The summed E-state index contributed by atoms with van der Waals surface area (Å²) >= 11 is 0. The van der Waals surface area contributed by atoms with E-state index >= 15 is 0 Å². The lowest BCUT2D eigenvalue weighted by Crippen LogP contribution is -2.41. The Kier molecular flexibility index (Phi) is 31.3. The van der Waals surface area contributed by atoms with E-state index in [4.69, 9.17) is 20.3 Å². The monoisotopic (exact) mass is 700 g/mol. The maximum Gasteiger partial charge on any atom is 0.326 e. The molecule has 0 heterocycles. The number of carbonyl (C=O) groups is 6. The van der Waals surface area contributed by atoms with E-state index in [0.29, 0.717) is 25.7 Å². The largest absolute Gasteiger partial charge is 0.481 e. The summed E-state index contributed by atoms with van der Waals surface area (Å²) < 4.78 is 10.6. The molecule has 0 fully saturated rings. The fourth-order valence-corrected chi connectivity index (χ4v) is 5.07. The zero-order valence-electron chi connectivity index (χ0n) is 29.6. The number of amides is 3. The minimum Gasteiger partial charge on any atom is -0.481 e. The number of nitrogens with two attached hydrogens (primary N) is 1. The van der Waals surface area contributed by atoms with Crippen molar-refractivity contribution in [2.45, 2.75) is 147 Å². The van der Waals surface area contributed by atoms with Gasteiger partial charge in [-0.25, -0.2) is 4.79 Å². The van der Waals surface area contributed by atoms with E-state index in [1.807, 2.05) is 0 Å². The molecule has 14 nitrogen and oxygen atoms in total. The Hall–Kier alpha value is -3.10. The number of nitrogens with one attached hydrogen (secondary N) is 3. The van der Waals surface area contributed by atoms with Crippen LogP contribution in [0.15, 0.2) is 0 Å². The van der Waals surface area contributed by atoms with Crippen molar-refractivity contribution in [3.05, 3.63) is 0 Å². The third-order valence-electron chi connectivity index (χ3n) is 7.97. The topological polar surface area (TPSA) is 223 Å². The first kappa shape index (κ1) is 45.9. The first-order valence-corrected chi connectivity index (χ1v) is 18.3. The highest BCUT2D eigenvalue weighted by Gasteiger charge is 2.20. The number of carboxylic acid groups (broad SMARTS) is 2. The van der Waals surface area contributed by atoms with Gasteiger partial charge in [-0.2, -0.15) is 0 Å². The van der Waals surface area contributed by atoms with Gasteiger partial charge in [-0.3, -0.25) is 19.2 Å². The summed E-state index contributed by atoms with van der Waals surface area (Å²) in [5.41, 5.74) is 5.50. The van der Waals surface area contributed by atoms with Crippen LogP contribution in [0.4, 0.5) is 0 Å². The van der Waals surface area contributed by atoms with Crippen LogP contribution in [0.1, 0.15) is 135 Å². The molecule has 49 heavy (non-hydrogen) atoms. The number of unbranched alkanes of at least 4 members (excludes halogenated alkanes) is 14. The minimum atomic E-state index is -1.17. The van der Waals surface area contributed by atoms with Crippen LogP contribution in [0.3, 0.4) is 0 Å². The molecule has 0 aromatic rings. The highest BCUT2D eigenvalue weighted by molar-refractivity contribution is 5.84. The molecular weight excluding hydrogens is 636 g/mol. The van der Waals surface area contributed by atoms with E-state index in [-0.39, 0.29) is 76.4 Å². The van der Waals surface area contributed by atoms with Gasteiger partial charge in [0, 0.05) is 32.4 Å². The summed E-state index contributed by atoms with van der Waals surface area (Å²) in [6.07, 6.45) is 18.4. The van der Waals surface area contributed by atoms with Gasteiger partial charge in [-0.15, -0.1) is 0 Å². The van der Waals surface area contributed by atoms with Crippen LogP contribution in [0.25, 0.3) is 0 Å². The first-order valence-electron chi connectivity index (χ1n) is 18.3. The van der Waals surface area contributed by atoms with Crippen LogP contribution in [-0.2, 0) is 38.2 Å². The molecule has 284 valence electrons. The van der Waals surface area contributed by atoms with Crippen molar-refractivity contribution in [3.8, 4) is 0 Å². The molecule has 0 rings (SSSR count). The molecule has 0 aliphatic heterocycles. The number of carboxylic acids is 2. The van der Waals surface area contributed by atoms with Gasteiger partial charge in [0.05, 0.1) is 25.9 Å². The third-order valence-corrected chi connectivity index (χ3v) is 7.97. The van der Waals surface area contributed by atoms with Gasteiger partial charge in [-0.05, 0) is 38.5 Å². The smallest absolute Gasteiger partial charge is 0.326 e. The van der Waals surface area contributed by atoms with E-state index in [9.17, 15) is 33.9 Å². The molecular formula is C35H64N4O10. The quantitative estimate of drug-likeness (QED) is 0.0409. The lowest BCUT2D eigenvalue weighted by atomic mass is 10.0. The number of hydrogen-bond donors (Lipinski definition) is 6. The summed E-state index contributed by atoms with van der Waals surface area (Å²) in [6.45, 7) is 1.29. The Labute approximate surface area is 292 Å². The molecule has 0 aromatic carbocycles. The third kappa shape index (κ3) is 33.2. The van der Waals surface area contributed by atoms with E-state index in [1.54, 1.807) is 0 Å². The molecule has 3 amide bonds. The van der Waals surface area contributed by atoms with Crippen molar-refractivity contribution in [1.29, 1.82) is 0 Å². The van der Waals surface area contributed by atoms with Crippen molar-refractivity contribution in [2.75, 3.05) is 39.5 Å². The van der Waals surface area contributed by atoms with Crippen LogP contribution < -0.4 is 21.7 Å². The number of rotatable bonds is 36. The summed E-state index contributed by atoms with van der Waals surface area (Å²) in [5, 5.41) is 26.0. The van der Waals surface area contributed by atoms with Gasteiger partial charge in [0.2, 0.25) is 17.7 Å². The molecule has 0 radical (unpaired) electrons. The molecule has 0 aromatic heterocycles. The predicted octanol–water partition coefficient (Wildman–Crippen LogP) is 3.62. The number of hydrogen-bond acceptors (Lipinski definition) is 9. The summed E-state index contributed by atoms with van der Waals surface area (Å²) in [5.74, 6) is -2.79. The van der Waals surface area contributed by atoms with Gasteiger partial charge in [0.25, 0.3) is 0 Å². The van der Waals surface area contributed by atoms with Crippen LogP contribution in [-0.4, -0.2) is 97.8 Å². The maximum atomic E-state index is 12.3. The van der Waals surface area contributed by atoms with Gasteiger partial charge in [0.15, 0.2) is 0 Å². The molecule has 0 aliphatic rings. The maximum absolute atomic E-state index is 12.3. The fourth-order valence-electron chi connectivity index (χ4n) is 5.07. The highest BCUT2D eigenvalue weighted by atomic mass is 16.5. The molecule has 7 N–H and O–H groups in total. The normalized spacial score (nSPS) is 12.2. The lowest BCUT2D eigenvalue weighted by molar-refractivity contribution is -0.142. The Morgan fingerprint density at radius 2 is 1.10 bits per heavy atom. The Morgan fingerprint density at radius 3 is 1.65 bits per heavy atom. The number of carbonyl (C=O) groups excluding carboxylic acids is 4. The zero-order chi connectivity index (χ0) is 36.4. The zero-order valence-corrected chi connectivity index (χ0v) is 29.6. The van der Waals surface area contributed by atoms with Crippen LogP contribution in [0.2, 0.25) is 0 Å². The molecule has 0 aliphatic carbocycles. The van der Waals surface area contributed by atoms with Gasteiger partial charge < -0.3 is 46.2 Å². The van der Waals surface area contributed by atoms with Gasteiger partial charge in [0.1, 0.15) is 18.9 Å². The molecule has 2 atom stereocenters. The number of aldehydes is 1. The molecule has 0 saturated carbocycles. The number of aliphatic carboxylic acids is 2. The second kappa shape index (κ2) is 33.4. The van der Waals surface area contributed by atoms with E-state index < -0.39 is 24.0 Å². The SMILES string of the molecule is N[C@H](C=O)CCCCNC(=O)COCCOCCNC(=O)CCC(NC(=O)CCCCCCCCCCCCCCCCC(=O)O)C(=O)O. The van der Waals surface area contributed by atoms with E-state index in [1.165, 1.54) is 44.9 Å². The van der Waals surface area contributed by atoms with E-state index in [0.717, 1.165) is 51.4 Å². The summed E-state index contributed by atoms with van der Waals surface area (Å²) in [6, 6.07) is -1.58.